The Labute approximate surface area is 150 Å². The van der Waals surface area contributed by atoms with E-state index in [1.54, 1.807) is 4.90 Å². The van der Waals surface area contributed by atoms with Crippen molar-refractivity contribution in [3.63, 3.8) is 0 Å². The van der Waals surface area contributed by atoms with Crippen LogP contribution in [0.3, 0.4) is 0 Å². The van der Waals surface area contributed by atoms with Crippen LogP contribution in [-0.4, -0.2) is 58.9 Å². The molecule has 138 valence electrons. The predicted molar refractivity (Wildman–Crippen MR) is 97.6 cm³/mol. The highest BCUT2D eigenvalue weighted by molar-refractivity contribution is 5.66. The third kappa shape index (κ3) is 3.67. The number of carboxylic acid groups (broad SMARTS) is 1. The maximum Gasteiger partial charge on any atom is 0.407 e. The van der Waals surface area contributed by atoms with Crippen LogP contribution in [0.15, 0.2) is 24.3 Å². The Hall–Kier alpha value is -1.59. The van der Waals surface area contributed by atoms with Crippen LogP contribution in [0, 0.1) is 24.2 Å². The van der Waals surface area contributed by atoms with Crippen molar-refractivity contribution in [3.8, 4) is 0 Å². The van der Waals surface area contributed by atoms with Crippen LogP contribution in [0.2, 0.25) is 0 Å². The van der Waals surface area contributed by atoms with Crippen LogP contribution in [0.1, 0.15) is 37.4 Å². The monoisotopic (exact) mass is 346 g/mol. The minimum atomic E-state index is -0.819. The van der Waals surface area contributed by atoms with E-state index in [9.17, 15) is 15.0 Å². The third-order valence-corrected chi connectivity index (χ3v) is 5.88. The molecule has 1 aromatic rings. The van der Waals surface area contributed by atoms with Crippen LogP contribution in [0.4, 0.5) is 4.79 Å². The first-order valence-corrected chi connectivity index (χ1v) is 9.21. The Morgan fingerprint density at radius 3 is 2.64 bits per heavy atom. The zero-order valence-corrected chi connectivity index (χ0v) is 15.5. The lowest BCUT2D eigenvalue weighted by Crippen LogP contribution is -2.45. The van der Waals surface area contributed by atoms with E-state index in [1.165, 1.54) is 0 Å². The van der Waals surface area contributed by atoms with Crippen LogP contribution in [0.5, 0.6) is 0 Å². The summed E-state index contributed by atoms with van der Waals surface area (Å²) in [6, 6.07) is 8.10. The van der Waals surface area contributed by atoms with Gasteiger partial charge >= 0.3 is 6.09 Å². The summed E-state index contributed by atoms with van der Waals surface area (Å²) in [7, 11) is 0. The molecule has 2 aliphatic heterocycles. The molecule has 2 fully saturated rings. The molecule has 25 heavy (non-hydrogen) atoms. The van der Waals surface area contributed by atoms with Gasteiger partial charge in [-0.25, -0.2) is 4.79 Å². The fourth-order valence-electron chi connectivity index (χ4n) is 4.64. The van der Waals surface area contributed by atoms with E-state index in [0.717, 1.165) is 37.2 Å². The first kappa shape index (κ1) is 18.2. The SMILES string of the molecule is Cc1ccccc1C1C2CN(CC(C)(C)CO)CC2CCN1C(=O)O. The second-order valence-electron chi connectivity index (χ2n) is 8.51. The Bertz CT molecular complexity index is 631. The molecule has 3 atom stereocenters. The molecule has 3 unspecified atom stereocenters. The third-order valence-electron chi connectivity index (χ3n) is 5.88. The minimum Gasteiger partial charge on any atom is -0.465 e. The molecule has 2 heterocycles. The number of hydrogen-bond acceptors (Lipinski definition) is 3. The van der Waals surface area contributed by atoms with Crippen molar-refractivity contribution in [2.45, 2.75) is 33.2 Å². The summed E-state index contributed by atoms with van der Waals surface area (Å²) in [5.41, 5.74) is 2.18. The highest BCUT2D eigenvalue weighted by Crippen LogP contribution is 2.45. The van der Waals surface area contributed by atoms with Crippen molar-refractivity contribution in [3.05, 3.63) is 35.4 Å². The molecule has 5 nitrogen and oxygen atoms in total. The summed E-state index contributed by atoms with van der Waals surface area (Å²) in [5, 5.41) is 19.3. The molecule has 0 saturated carbocycles. The zero-order valence-electron chi connectivity index (χ0n) is 15.5. The van der Waals surface area contributed by atoms with E-state index in [2.05, 4.69) is 37.8 Å². The summed E-state index contributed by atoms with van der Waals surface area (Å²) < 4.78 is 0. The summed E-state index contributed by atoms with van der Waals surface area (Å²) in [6.45, 7) is 9.76. The second-order valence-corrected chi connectivity index (χ2v) is 8.51. The molecule has 2 saturated heterocycles. The molecule has 0 bridgehead atoms. The fraction of sp³-hybridized carbons (Fsp3) is 0.650. The number of nitrogens with zero attached hydrogens (tertiary/aromatic N) is 2. The molecular formula is C20H30N2O3. The van der Waals surface area contributed by atoms with Gasteiger partial charge in [0.2, 0.25) is 0 Å². The molecule has 0 aromatic heterocycles. The van der Waals surface area contributed by atoms with Crippen molar-refractivity contribution in [1.29, 1.82) is 0 Å². The lowest BCUT2D eigenvalue weighted by Gasteiger charge is -2.42. The van der Waals surface area contributed by atoms with Gasteiger partial charge in [-0.05, 0) is 30.4 Å². The van der Waals surface area contributed by atoms with Gasteiger partial charge in [0.25, 0.3) is 0 Å². The molecule has 0 aliphatic carbocycles. The molecule has 2 aliphatic rings. The van der Waals surface area contributed by atoms with Crippen molar-refractivity contribution in [2.75, 3.05) is 32.8 Å². The number of hydrogen-bond donors (Lipinski definition) is 2. The first-order valence-electron chi connectivity index (χ1n) is 9.21. The van der Waals surface area contributed by atoms with Crippen molar-refractivity contribution < 1.29 is 15.0 Å². The number of carbonyl (C=O) groups is 1. The normalized spacial score (nSPS) is 27.4. The molecule has 0 spiro atoms. The van der Waals surface area contributed by atoms with Gasteiger partial charge in [0.1, 0.15) is 0 Å². The quantitative estimate of drug-likeness (QED) is 0.880. The summed E-state index contributed by atoms with van der Waals surface area (Å²) in [5.74, 6) is 0.843. The number of fused-ring (bicyclic) bond motifs is 1. The number of aliphatic hydroxyl groups excluding tert-OH is 1. The van der Waals surface area contributed by atoms with Gasteiger partial charge in [0, 0.05) is 44.1 Å². The predicted octanol–water partition coefficient (Wildman–Crippen LogP) is 2.99. The van der Waals surface area contributed by atoms with E-state index < -0.39 is 6.09 Å². The van der Waals surface area contributed by atoms with Gasteiger partial charge < -0.3 is 20.0 Å². The number of rotatable bonds is 4. The van der Waals surface area contributed by atoms with Gasteiger partial charge in [-0.1, -0.05) is 38.1 Å². The second kappa shape index (κ2) is 6.96. The summed E-state index contributed by atoms with van der Waals surface area (Å²) >= 11 is 0. The Morgan fingerprint density at radius 2 is 2.00 bits per heavy atom. The summed E-state index contributed by atoms with van der Waals surface area (Å²) in [6.07, 6.45) is 0.107. The number of benzene rings is 1. The molecular weight excluding hydrogens is 316 g/mol. The van der Waals surface area contributed by atoms with E-state index in [-0.39, 0.29) is 18.1 Å². The van der Waals surface area contributed by atoms with E-state index >= 15 is 0 Å². The van der Waals surface area contributed by atoms with Crippen molar-refractivity contribution >= 4 is 6.09 Å². The van der Waals surface area contributed by atoms with Crippen LogP contribution >= 0.6 is 0 Å². The molecule has 2 N–H and O–H groups in total. The number of likely N-dealkylation sites (tertiary alicyclic amines) is 2. The smallest absolute Gasteiger partial charge is 0.407 e. The first-order chi connectivity index (χ1) is 11.8. The Balaban J connectivity index is 1.88. The van der Waals surface area contributed by atoms with Crippen LogP contribution < -0.4 is 0 Å². The van der Waals surface area contributed by atoms with Crippen molar-refractivity contribution in [2.24, 2.45) is 17.3 Å². The molecule has 1 aromatic carbocycles. The van der Waals surface area contributed by atoms with E-state index in [1.807, 2.05) is 12.1 Å². The van der Waals surface area contributed by atoms with Crippen LogP contribution in [0.25, 0.3) is 0 Å². The number of aliphatic hydroxyl groups is 1. The standard InChI is InChI=1S/C20H30N2O3/c1-14-6-4-5-7-16(14)18-17-11-21(12-20(2,3)13-23)10-15(17)8-9-22(18)19(24)25/h4-7,15,17-18,23H,8-13H2,1-3H3,(H,24,25). The van der Waals surface area contributed by atoms with Gasteiger partial charge in [0.05, 0.1) is 6.04 Å². The molecule has 0 radical (unpaired) electrons. The topological polar surface area (TPSA) is 64.0 Å². The molecule has 3 rings (SSSR count). The lowest BCUT2D eigenvalue weighted by atomic mass is 9.78. The van der Waals surface area contributed by atoms with E-state index in [4.69, 9.17) is 0 Å². The fourth-order valence-corrected chi connectivity index (χ4v) is 4.64. The van der Waals surface area contributed by atoms with Crippen LogP contribution in [-0.2, 0) is 0 Å². The van der Waals surface area contributed by atoms with Crippen molar-refractivity contribution in [1.82, 2.24) is 9.80 Å². The number of aryl methyl sites for hydroxylation is 1. The highest BCUT2D eigenvalue weighted by Gasteiger charge is 2.46. The number of piperidine rings is 1. The van der Waals surface area contributed by atoms with Gasteiger partial charge in [0.15, 0.2) is 0 Å². The van der Waals surface area contributed by atoms with Gasteiger partial charge in [-0.15, -0.1) is 0 Å². The highest BCUT2D eigenvalue weighted by atomic mass is 16.4. The Kier molecular flexibility index (Phi) is 5.07. The number of amides is 1. The van der Waals surface area contributed by atoms with Gasteiger partial charge in [-0.3, -0.25) is 0 Å². The summed E-state index contributed by atoms with van der Waals surface area (Å²) in [4.78, 5) is 15.9. The Morgan fingerprint density at radius 1 is 1.28 bits per heavy atom. The maximum atomic E-state index is 11.9. The maximum absolute atomic E-state index is 11.9. The largest absolute Gasteiger partial charge is 0.465 e. The molecule has 1 amide bonds. The van der Waals surface area contributed by atoms with Gasteiger partial charge in [-0.2, -0.15) is 0 Å². The zero-order chi connectivity index (χ0) is 18.2. The lowest BCUT2D eigenvalue weighted by molar-refractivity contribution is 0.0639. The minimum absolute atomic E-state index is 0.0697. The molecule has 5 heteroatoms. The van der Waals surface area contributed by atoms with E-state index in [0.29, 0.717) is 18.4 Å². The average Bonchev–Trinajstić information content (AvgIpc) is 2.96. The average molecular weight is 346 g/mol.